The molecular weight excluding hydrogens is 781 g/mol. The minimum Gasteiger partial charge on any atom is -0.457 e. The van der Waals surface area contributed by atoms with E-state index >= 15 is 0 Å². The minimum absolute atomic E-state index is 0.111. The first kappa shape index (κ1) is 58.9. The lowest BCUT2D eigenvalue weighted by Crippen LogP contribution is -2.59. The van der Waals surface area contributed by atoms with Crippen LogP contribution in [0.3, 0.4) is 0 Å². The number of hydrogen-bond acceptors (Lipinski definition) is 9. The largest absolute Gasteiger partial charge is 0.457 e. The molecule has 368 valence electrons. The number of unbranched alkanes of at least 4 members (excludes halogenated alkanes) is 34. The molecule has 9 heteroatoms. The summed E-state index contributed by atoms with van der Waals surface area (Å²) in [7, 11) is 0. The summed E-state index contributed by atoms with van der Waals surface area (Å²) in [5, 5.41) is 40.2. The fourth-order valence-electron chi connectivity index (χ4n) is 8.49. The van der Waals surface area contributed by atoms with E-state index in [1.54, 1.807) is 0 Å². The van der Waals surface area contributed by atoms with Gasteiger partial charge in [0.25, 0.3) is 0 Å². The minimum atomic E-state index is -1.53. The molecule has 1 fully saturated rings. The van der Waals surface area contributed by atoms with E-state index in [4.69, 9.17) is 18.9 Å². The lowest BCUT2D eigenvalue weighted by atomic mass is 9.99. The van der Waals surface area contributed by atoms with E-state index in [1.807, 2.05) is 0 Å². The number of aliphatic hydroxyl groups excluding tert-OH is 4. The second-order valence-corrected chi connectivity index (χ2v) is 18.7. The van der Waals surface area contributed by atoms with Gasteiger partial charge in [-0.3, -0.25) is 4.79 Å². The number of aliphatic hydroxyl groups is 4. The number of carbonyl (C=O) groups excluding carboxylic acids is 1. The van der Waals surface area contributed by atoms with Crippen molar-refractivity contribution in [3.63, 3.8) is 0 Å². The molecule has 1 rings (SSSR count). The second-order valence-electron chi connectivity index (χ2n) is 18.7. The molecule has 6 unspecified atom stereocenters. The van der Waals surface area contributed by atoms with Gasteiger partial charge in [-0.25, -0.2) is 0 Å². The fraction of sp³-hybridized carbons (Fsp3) is 0.943. The Kier molecular flexibility index (Phi) is 42.9. The summed E-state index contributed by atoms with van der Waals surface area (Å²) in [6.45, 7) is 4.58. The molecule has 1 saturated heterocycles. The molecule has 0 aromatic carbocycles. The van der Waals surface area contributed by atoms with Gasteiger partial charge >= 0.3 is 5.97 Å². The summed E-state index contributed by atoms with van der Waals surface area (Å²) in [6.07, 6.45) is 45.5. The first-order valence-corrected chi connectivity index (χ1v) is 26.8. The summed E-state index contributed by atoms with van der Waals surface area (Å²) in [4.78, 5) is 12.8. The predicted molar refractivity (Wildman–Crippen MR) is 256 cm³/mol. The molecule has 0 aromatic rings. The zero-order valence-electron chi connectivity index (χ0n) is 40.6. The number of hydrogen-bond donors (Lipinski definition) is 4. The third-order valence-corrected chi connectivity index (χ3v) is 12.7. The fourth-order valence-corrected chi connectivity index (χ4v) is 8.49. The van der Waals surface area contributed by atoms with Crippen LogP contribution in [0.15, 0.2) is 12.2 Å². The molecule has 0 radical (unpaired) electrons. The van der Waals surface area contributed by atoms with Crippen LogP contribution in [0.25, 0.3) is 0 Å². The molecule has 0 spiro atoms. The molecule has 0 saturated carbocycles. The van der Waals surface area contributed by atoms with Gasteiger partial charge in [0, 0.05) is 13.0 Å². The third kappa shape index (κ3) is 35.2. The van der Waals surface area contributed by atoms with Gasteiger partial charge in [0.1, 0.15) is 30.5 Å². The molecule has 62 heavy (non-hydrogen) atoms. The van der Waals surface area contributed by atoms with E-state index in [-0.39, 0.29) is 19.2 Å². The monoisotopic (exact) mass is 883 g/mol. The molecule has 0 aromatic heterocycles. The topological polar surface area (TPSA) is 135 Å². The van der Waals surface area contributed by atoms with Crippen molar-refractivity contribution in [3.05, 3.63) is 12.2 Å². The number of ether oxygens (including phenoxy) is 4. The van der Waals surface area contributed by atoms with Gasteiger partial charge in [0.15, 0.2) is 6.29 Å². The van der Waals surface area contributed by atoms with Crippen molar-refractivity contribution in [2.75, 3.05) is 26.4 Å². The molecule has 0 bridgehead atoms. The Morgan fingerprint density at radius 1 is 0.500 bits per heavy atom. The van der Waals surface area contributed by atoms with Crippen molar-refractivity contribution >= 4 is 5.97 Å². The van der Waals surface area contributed by atoms with Crippen molar-refractivity contribution in [2.24, 2.45) is 0 Å². The molecule has 0 aliphatic carbocycles. The average Bonchev–Trinajstić information content (AvgIpc) is 3.27. The maximum Gasteiger partial charge on any atom is 0.306 e. The molecule has 6 atom stereocenters. The smallest absolute Gasteiger partial charge is 0.306 e. The molecule has 9 nitrogen and oxygen atoms in total. The van der Waals surface area contributed by atoms with Gasteiger partial charge in [-0.05, 0) is 38.5 Å². The van der Waals surface area contributed by atoms with Crippen molar-refractivity contribution in [2.45, 2.75) is 295 Å². The van der Waals surface area contributed by atoms with E-state index in [0.717, 1.165) is 44.9 Å². The van der Waals surface area contributed by atoms with Crippen LogP contribution >= 0.6 is 0 Å². The van der Waals surface area contributed by atoms with Crippen LogP contribution < -0.4 is 0 Å². The maximum absolute atomic E-state index is 12.8. The van der Waals surface area contributed by atoms with Crippen LogP contribution in [-0.4, -0.2) is 89.6 Å². The molecule has 1 aliphatic heterocycles. The SMILES string of the molecule is CCCCCC/C=C\CCCCCCCC(=O)OC(COCCCCCCCCCCCCCCCCCCCCCCCCCCCC)COC1OC(CO)C(O)C(O)C1O. The van der Waals surface area contributed by atoms with Crippen LogP contribution in [-0.2, 0) is 23.7 Å². The van der Waals surface area contributed by atoms with Crippen molar-refractivity contribution in [3.8, 4) is 0 Å². The molecular formula is C53H102O9. The van der Waals surface area contributed by atoms with Crippen LogP contribution in [0.5, 0.6) is 0 Å². The van der Waals surface area contributed by atoms with Crippen LogP contribution in [0.4, 0.5) is 0 Å². The number of allylic oxidation sites excluding steroid dienone is 2. The molecule has 4 N–H and O–H groups in total. The summed E-state index contributed by atoms with van der Waals surface area (Å²) in [5.41, 5.74) is 0. The van der Waals surface area contributed by atoms with E-state index in [9.17, 15) is 25.2 Å². The Hall–Kier alpha value is -1.07. The first-order chi connectivity index (χ1) is 30.4. The van der Waals surface area contributed by atoms with Crippen LogP contribution in [0.1, 0.15) is 258 Å². The van der Waals surface area contributed by atoms with Crippen molar-refractivity contribution < 1.29 is 44.2 Å². The van der Waals surface area contributed by atoms with Crippen molar-refractivity contribution in [1.29, 1.82) is 0 Å². The van der Waals surface area contributed by atoms with Gasteiger partial charge < -0.3 is 39.4 Å². The highest BCUT2D eigenvalue weighted by Crippen LogP contribution is 2.23. The quantitative estimate of drug-likeness (QED) is 0.0268. The Morgan fingerprint density at radius 2 is 0.887 bits per heavy atom. The van der Waals surface area contributed by atoms with E-state index in [2.05, 4.69) is 26.0 Å². The lowest BCUT2D eigenvalue weighted by Gasteiger charge is -2.39. The molecule has 0 amide bonds. The number of rotatable bonds is 47. The highest BCUT2D eigenvalue weighted by atomic mass is 16.7. The van der Waals surface area contributed by atoms with Gasteiger partial charge in [0.05, 0.1) is 19.8 Å². The first-order valence-electron chi connectivity index (χ1n) is 26.8. The Bertz CT molecular complexity index is 961. The highest BCUT2D eigenvalue weighted by molar-refractivity contribution is 5.69. The van der Waals surface area contributed by atoms with E-state index in [1.165, 1.54) is 193 Å². The van der Waals surface area contributed by atoms with Crippen LogP contribution in [0.2, 0.25) is 0 Å². The zero-order chi connectivity index (χ0) is 45.0. The number of esters is 1. The highest BCUT2D eigenvalue weighted by Gasteiger charge is 2.44. The van der Waals surface area contributed by atoms with E-state index < -0.39 is 43.4 Å². The van der Waals surface area contributed by atoms with E-state index in [0.29, 0.717) is 13.0 Å². The zero-order valence-corrected chi connectivity index (χ0v) is 40.6. The van der Waals surface area contributed by atoms with Gasteiger partial charge in [-0.15, -0.1) is 0 Å². The summed E-state index contributed by atoms with van der Waals surface area (Å²) >= 11 is 0. The Labute approximate surface area is 382 Å². The van der Waals surface area contributed by atoms with Gasteiger partial charge in [-0.1, -0.05) is 225 Å². The van der Waals surface area contributed by atoms with Crippen LogP contribution in [0, 0.1) is 0 Å². The lowest BCUT2D eigenvalue weighted by molar-refractivity contribution is -0.305. The summed E-state index contributed by atoms with van der Waals surface area (Å²) < 4.78 is 22.9. The Balaban J connectivity index is 2.11. The molecule has 1 heterocycles. The molecule has 1 aliphatic rings. The second kappa shape index (κ2) is 45.1. The third-order valence-electron chi connectivity index (χ3n) is 12.7. The van der Waals surface area contributed by atoms with Gasteiger partial charge in [0.2, 0.25) is 0 Å². The summed E-state index contributed by atoms with van der Waals surface area (Å²) in [6, 6.07) is 0. The predicted octanol–water partition coefficient (Wildman–Crippen LogP) is 13.2. The summed E-state index contributed by atoms with van der Waals surface area (Å²) in [5.74, 6) is -0.317. The average molecular weight is 883 g/mol. The normalized spacial score (nSPS) is 19.7. The van der Waals surface area contributed by atoms with Crippen molar-refractivity contribution in [1.82, 2.24) is 0 Å². The maximum atomic E-state index is 12.8. The number of carbonyl (C=O) groups is 1. The van der Waals surface area contributed by atoms with Gasteiger partial charge in [-0.2, -0.15) is 0 Å². The standard InChI is InChI=1S/C53H102O9/c1-3-5-7-9-11-13-15-17-18-19-20-21-22-23-24-25-26-27-28-29-31-33-35-37-39-41-43-59-45-47(46-60-53-52(58)51(57)50(56)48(44-54)62-53)61-49(55)42-40-38-36-34-32-30-16-14-12-10-8-6-4-2/h14,16,47-48,50-54,56-58H,3-13,15,17-46H2,1-2H3/b16-14-. The Morgan fingerprint density at radius 3 is 1.32 bits per heavy atom.